The largest absolute Gasteiger partial charge is 0.715 e. The van der Waals surface area contributed by atoms with Crippen molar-refractivity contribution in [1.82, 2.24) is 4.98 Å². The molecule has 1 aromatic heterocycles. The Labute approximate surface area is 143 Å². The molecule has 3 aromatic rings. The Morgan fingerprint density at radius 2 is 1.16 bits per heavy atom. The lowest BCUT2D eigenvalue weighted by Gasteiger charge is -2.13. The summed E-state index contributed by atoms with van der Waals surface area (Å²) in [4.78, 5) is 4.69. The first kappa shape index (κ1) is 12.9. The zero-order chi connectivity index (χ0) is 16.4. The van der Waals surface area contributed by atoms with E-state index < -0.39 is 6.03 Å². The maximum atomic E-state index is 6.37. The van der Waals surface area contributed by atoms with Gasteiger partial charge in [0.15, 0.2) is 0 Å². The van der Waals surface area contributed by atoms with Gasteiger partial charge in [-0.15, -0.1) is 0 Å². The summed E-state index contributed by atoms with van der Waals surface area (Å²) in [6.45, 7) is 0. The highest BCUT2D eigenvalue weighted by atomic mass is 16.8. The number of hydrogen-bond donors (Lipinski definition) is 0. The van der Waals surface area contributed by atoms with Crippen molar-refractivity contribution >= 4 is 23.8 Å². The van der Waals surface area contributed by atoms with Crippen LogP contribution in [0.4, 0.5) is 11.4 Å². The standard InChI is InChI=1S/C20H13N3O2/c1-3-10-18-16(8-1)22-12-14-6-5-7-15(21-14)13-23-17-9-2-4-11-19(17)25-20(22,23)24-18/h1-13H/q+2/b22-12-,23-13?. The molecule has 0 saturated heterocycles. The van der Waals surface area contributed by atoms with Crippen molar-refractivity contribution in [2.45, 2.75) is 6.03 Å². The van der Waals surface area contributed by atoms with Crippen LogP contribution in [0.25, 0.3) is 0 Å². The third-order valence-corrected chi connectivity index (χ3v) is 4.66. The molecule has 0 aliphatic carbocycles. The highest BCUT2D eigenvalue weighted by molar-refractivity contribution is 5.80. The lowest BCUT2D eigenvalue weighted by Crippen LogP contribution is -2.53. The molecule has 1 unspecified atom stereocenters. The number of benzene rings is 2. The first-order valence-electron chi connectivity index (χ1n) is 8.15. The van der Waals surface area contributed by atoms with E-state index in [-0.39, 0.29) is 0 Å². The summed E-state index contributed by atoms with van der Waals surface area (Å²) in [6.07, 6.45) is 3.95. The van der Waals surface area contributed by atoms with Crippen molar-refractivity contribution in [2.24, 2.45) is 0 Å². The molecule has 3 aliphatic rings. The van der Waals surface area contributed by atoms with E-state index in [4.69, 9.17) is 14.5 Å². The topological polar surface area (TPSA) is 37.4 Å². The normalized spacial score (nSPS) is 23.4. The Hall–Kier alpha value is -3.47. The fourth-order valence-corrected chi connectivity index (χ4v) is 3.59. The van der Waals surface area contributed by atoms with Gasteiger partial charge in [0.1, 0.15) is 11.4 Å². The molecule has 25 heavy (non-hydrogen) atoms. The van der Waals surface area contributed by atoms with Gasteiger partial charge in [0.05, 0.1) is 0 Å². The summed E-state index contributed by atoms with van der Waals surface area (Å²) in [5.74, 6) is 1.56. The van der Waals surface area contributed by atoms with Crippen molar-refractivity contribution in [3.05, 3.63) is 78.1 Å². The zero-order valence-electron chi connectivity index (χ0n) is 13.2. The Bertz CT molecular complexity index is 1030. The fourth-order valence-electron chi connectivity index (χ4n) is 3.59. The molecule has 118 valence electrons. The van der Waals surface area contributed by atoms with Crippen molar-refractivity contribution in [3.8, 4) is 11.5 Å². The molecule has 1 spiro atoms. The van der Waals surface area contributed by atoms with Gasteiger partial charge in [-0.3, -0.25) is 0 Å². The van der Waals surface area contributed by atoms with Crippen LogP contribution < -0.4 is 9.47 Å². The quantitative estimate of drug-likeness (QED) is 0.596. The molecule has 0 amide bonds. The van der Waals surface area contributed by atoms with Gasteiger partial charge in [-0.05, 0) is 33.4 Å². The molecule has 4 heterocycles. The lowest BCUT2D eigenvalue weighted by molar-refractivity contribution is -0.830. The maximum Gasteiger partial charge on any atom is 0.715 e. The third-order valence-electron chi connectivity index (χ3n) is 4.66. The summed E-state index contributed by atoms with van der Waals surface area (Å²) in [5, 5.41) is 0. The van der Waals surface area contributed by atoms with E-state index in [1.165, 1.54) is 0 Å². The molecule has 3 aliphatic heterocycles. The predicted molar refractivity (Wildman–Crippen MR) is 91.3 cm³/mol. The number of ether oxygens (including phenoxy) is 2. The number of hydrogen-bond acceptors (Lipinski definition) is 3. The van der Waals surface area contributed by atoms with Crippen molar-refractivity contribution in [3.63, 3.8) is 0 Å². The van der Waals surface area contributed by atoms with Crippen LogP contribution in [0, 0.1) is 0 Å². The van der Waals surface area contributed by atoms with E-state index in [9.17, 15) is 0 Å². The van der Waals surface area contributed by atoms with Gasteiger partial charge in [0.2, 0.25) is 23.9 Å². The van der Waals surface area contributed by atoms with Crippen LogP contribution in [0.1, 0.15) is 11.4 Å². The molecule has 1 atom stereocenters. The van der Waals surface area contributed by atoms with Crippen molar-refractivity contribution in [2.75, 3.05) is 0 Å². The second kappa shape index (κ2) is 4.33. The van der Waals surface area contributed by atoms with Crippen LogP contribution in [-0.4, -0.2) is 32.6 Å². The van der Waals surface area contributed by atoms with E-state index in [2.05, 4.69) is 0 Å². The molecule has 5 nitrogen and oxygen atoms in total. The number of fused-ring (bicyclic) bond motifs is 6. The summed E-state index contributed by atoms with van der Waals surface area (Å²) >= 11 is 0. The Kier molecular flexibility index (Phi) is 2.23. The van der Waals surface area contributed by atoms with E-state index in [0.29, 0.717) is 0 Å². The molecule has 0 N–H and O–H groups in total. The molecule has 0 radical (unpaired) electrons. The highest BCUT2D eigenvalue weighted by Crippen LogP contribution is 2.49. The zero-order valence-corrected chi connectivity index (χ0v) is 13.2. The summed E-state index contributed by atoms with van der Waals surface area (Å²) < 4.78 is 16.7. The minimum absolute atomic E-state index is 0.778. The maximum absolute atomic E-state index is 6.37. The Morgan fingerprint density at radius 1 is 0.640 bits per heavy atom. The number of rotatable bonds is 0. The molecular formula is C20H13N3O2+2. The summed E-state index contributed by atoms with van der Waals surface area (Å²) in [6, 6.07) is 20.7. The van der Waals surface area contributed by atoms with Gasteiger partial charge >= 0.3 is 6.03 Å². The van der Waals surface area contributed by atoms with Gasteiger partial charge in [-0.2, -0.15) is 0 Å². The number of nitrogens with zero attached hydrogens (tertiary/aromatic N) is 3. The Balaban J connectivity index is 1.73. The van der Waals surface area contributed by atoms with Gasteiger partial charge in [-0.25, -0.2) is 4.98 Å². The molecule has 0 saturated carbocycles. The Morgan fingerprint density at radius 3 is 1.72 bits per heavy atom. The highest BCUT2D eigenvalue weighted by Gasteiger charge is 2.72. The smallest absolute Gasteiger partial charge is 0.334 e. The van der Waals surface area contributed by atoms with E-state index >= 15 is 0 Å². The van der Waals surface area contributed by atoms with Gasteiger partial charge in [0.25, 0.3) is 11.4 Å². The van der Waals surface area contributed by atoms with Crippen molar-refractivity contribution in [1.29, 1.82) is 0 Å². The first-order chi connectivity index (χ1) is 12.3. The minimum Gasteiger partial charge on any atom is -0.334 e. The first-order valence-corrected chi connectivity index (χ1v) is 8.15. The molecule has 0 fully saturated rings. The monoisotopic (exact) mass is 327 g/mol. The van der Waals surface area contributed by atoms with E-state index in [0.717, 1.165) is 34.3 Å². The van der Waals surface area contributed by atoms with Crippen LogP contribution in [-0.2, 0) is 0 Å². The summed E-state index contributed by atoms with van der Waals surface area (Å²) in [7, 11) is 0. The minimum atomic E-state index is -1.11. The predicted octanol–water partition coefficient (Wildman–Crippen LogP) is 3.02. The third kappa shape index (κ3) is 1.59. The number of aromatic nitrogens is 1. The van der Waals surface area contributed by atoms with E-state index in [1.807, 2.05) is 88.3 Å². The van der Waals surface area contributed by atoms with Crippen molar-refractivity contribution < 1.29 is 18.6 Å². The fraction of sp³-hybridized carbons (Fsp3) is 0.0500. The van der Waals surface area contributed by atoms with Crippen LogP contribution in [0.3, 0.4) is 0 Å². The molecule has 2 bridgehead atoms. The number of pyridine rings is 1. The van der Waals surface area contributed by atoms with E-state index in [1.54, 1.807) is 0 Å². The summed E-state index contributed by atoms with van der Waals surface area (Å²) in [5.41, 5.74) is 3.60. The van der Waals surface area contributed by atoms with Crippen LogP contribution >= 0.6 is 0 Å². The molecule has 2 aromatic carbocycles. The number of para-hydroxylation sites is 4. The second-order valence-electron chi connectivity index (χ2n) is 6.17. The SMILES string of the molecule is C1=[N+]2c3ccccc3OC23Oc2ccccc2/[N+]3=C/c2cccc1n2. The van der Waals surface area contributed by atoms with Gasteiger partial charge in [-0.1, -0.05) is 30.3 Å². The van der Waals surface area contributed by atoms with Crippen LogP contribution in [0.15, 0.2) is 66.7 Å². The lowest BCUT2D eigenvalue weighted by atomic mass is 10.2. The molecule has 5 heteroatoms. The molecular weight excluding hydrogens is 314 g/mol. The van der Waals surface area contributed by atoms with Gasteiger partial charge in [0, 0.05) is 12.1 Å². The average molecular weight is 327 g/mol. The second-order valence-corrected chi connectivity index (χ2v) is 6.17. The van der Waals surface area contributed by atoms with Crippen LogP contribution in [0.2, 0.25) is 0 Å². The van der Waals surface area contributed by atoms with Crippen LogP contribution in [0.5, 0.6) is 11.5 Å². The van der Waals surface area contributed by atoms with Gasteiger partial charge < -0.3 is 9.47 Å². The molecule has 6 rings (SSSR count). The average Bonchev–Trinajstić information content (AvgIpc) is 3.10.